The summed E-state index contributed by atoms with van der Waals surface area (Å²) in [6.45, 7) is 1.04. The van der Waals surface area contributed by atoms with Crippen LogP contribution in [0.25, 0.3) is 17.0 Å². The average Bonchev–Trinajstić information content (AvgIpc) is 3.16. The van der Waals surface area contributed by atoms with Crippen LogP contribution in [0.15, 0.2) is 67.0 Å². The number of anilines is 1. The van der Waals surface area contributed by atoms with Crippen molar-refractivity contribution in [2.75, 3.05) is 18.1 Å². The largest absolute Gasteiger partial charge is 0.395 e. The molecular formula is C20H18ClN5O. The van der Waals surface area contributed by atoms with Gasteiger partial charge in [-0.3, -0.25) is 0 Å². The van der Waals surface area contributed by atoms with Crippen LogP contribution in [0.5, 0.6) is 0 Å². The summed E-state index contributed by atoms with van der Waals surface area (Å²) in [6.07, 6.45) is 1.48. The summed E-state index contributed by atoms with van der Waals surface area (Å²) in [7, 11) is 0. The minimum absolute atomic E-state index is 0.0136. The van der Waals surface area contributed by atoms with Crippen LogP contribution in [0.1, 0.15) is 5.56 Å². The second kappa shape index (κ2) is 7.73. The highest BCUT2D eigenvalue weighted by Crippen LogP contribution is 2.25. The Kier molecular flexibility index (Phi) is 5.00. The van der Waals surface area contributed by atoms with Gasteiger partial charge in [-0.2, -0.15) is 14.6 Å². The monoisotopic (exact) mass is 379 g/mol. The Hall–Kier alpha value is -2.96. The highest BCUT2D eigenvalue weighted by Gasteiger charge is 2.16. The lowest BCUT2D eigenvalue weighted by Gasteiger charge is -2.24. The van der Waals surface area contributed by atoms with Gasteiger partial charge in [0.15, 0.2) is 0 Å². The van der Waals surface area contributed by atoms with Crippen molar-refractivity contribution in [1.82, 2.24) is 19.6 Å². The van der Waals surface area contributed by atoms with E-state index in [1.807, 2.05) is 65.6 Å². The van der Waals surface area contributed by atoms with Gasteiger partial charge in [-0.1, -0.05) is 54.1 Å². The molecule has 0 fully saturated rings. The number of rotatable bonds is 6. The van der Waals surface area contributed by atoms with Gasteiger partial charge in [-0.25, -0.2) is 4.98 Å². The topological polar surface area (TPSA) is 66.5 Å². The van der Waals surface area contributed by atoms with Crippen molar-refractivity contribution < 1.29 is 5.11 Å². The van der Waals surface area contributed by atoms with Crippen LogP contribution in [0.3, 0.4) is 0 Å². The van der Waals surface area contributed by atoms with Gasteiger partial charge in [-0.05, 0) is 17.7 Å². The maximum absolute atomic E-state index is 9.61. The first-order valence-electron chi connectivity index (χ1n) is 8.61. The molecule has 4 aromatic rings. The smallest absolute Gasteiger partial charge is 0.254 e. The lowest BCUT2D eigenvalue weighted by molar-refractivity contribution is 0.301. The molecule has 0 atom stereocenters. The van der Waals surface area contributed by atoms with E-state index < -0.39 is 0 Å². The fourth-order valence-corrected chi connectivity index (χ4v) is 3.24. The molecule has 0 aliphatic rings. The molecule has 0 aliphatic carbocycles. The van der Waals surface area contributed by atoms with Crippen LogP contribution in [0, 0.1) is 0 Å². The molecular weight excluding hydrogens is 362 g/mol. The van der Waals surface area contributed by atoms with E-state index in [0.717, 1.165) is 22.6 Å². The zero-order valence-corrected chi connectivity index (χ0v) is 15.3. The van der Waals surface area contributed by atoms with E-state index in [0.29, 0.717) is 23.9 Å². The van der Waals surface area contributed by atoms with Crippen LogP contribution in [0.4, 0.5) is 5.82 Å². The first-order chi connectivity index (χ1) is 13.2. The second-order valence-electron chi connectivity index (χ2n) is 6.11. The Morgan fingerprint density at radius 1 is 1.04 bits per heavy atom. The molecule has 6 nitrogen and oxygen atoms in total. The third-order valence-electron chi connectivity index (χ3n) is 4.26. The highest BCUT2D eigenvalue weighted by molar-refractivity contribution is 6.30. The zero-order chi connectivity index (χ0) is 18.6. The Morgan fingerprint density at radius 3 is 2.67 bits per heavy atom. The maximum Gasteiger partial charge on any atom is 0.254 e. The standard InChI is InChI=1S/C20H18ClN5O/c21-17-8-4-5-15(11-17)13-25(9-10-27)19-12-18(16-6-2-1-3-7-16)24-20-22-14-23-26(19)20/h1-8,11-12,14,27H,9-10,13H2. The van der Waals surface area contributed by atoms with Crippen LogP contribution >= 0.6 is 11.6 Å². The van der Waals surface area contributed by atoms with Crippen molar-refractivity contribution in [2.45, 2.75) is 6.54 Å². The van der Waals surface area contributed by atoms with E-state index in [9.17, 15) is 5.11 Å². The number of aliphatic hydroxyl groups is 1. The highest BCUT2D eigenvalue weighted by atomic mass is 35.5. The maximum atomic E-state index is 9.61. The van der Waals surface area contributed by atoms with Crippen molar-refractivity contribution in [1.29, 1.82) is 0 Å². The van der Waals surface area contributed by atoms with Gasteiger partial charge in [-0.15, -0.1) is 0 Å². The lowest BCUT2D eigenvalue weighted by Crippen LogP contribution is -2.28. The molecule has 0 bridgehead atoms. The van der Waals surface area contributed by atoms with Crippen molar-refractivity contribution in [2.24, 2.45) is 0 Å². The van der Waals surface area contributed by atoms with Gasteiger partial charge >= 0.3 is 0 Å². The van der Waals surface area contributed by atoms with Crippen molar-refractivity contribution in [3.05, 3.63) is 77.6 Å². The molecule has 0 saturated heterocycles. The quantitative estimate of drug-likeness (QED) is 0.556. The predicted molar refractivity (Wildman–Crippen MR) is 106 cm³/mol. The summed E-state index contributed by atoms with van der Waals surface area (Å²) in [5.41, 5.74) is 2.85. The number of hydrogen-bond acceptors (Lipinski definition) is 5. The molecule has 136 valence electrons. The van der Waals surface area contributed by atoms with Gasteiger partial charge < -0.3 is 10.0 Å². The van der Waals surface area contributed by atoms with Gasteiger partial charge in [0.2, 0.25) is 0 Å². The number of halogens is 1. The Balaban J connectivity index is 1.80. The normalized spacial score (nSPS) is 11.0. The molecule has 4 rings (SSSR count). The van der Waals surface area contributed by atoms with Crippen molar-refractivity contribution in [3.63, 3.8) is 0 Å². The molecule has 0 saturated carbocycles. The summed E-state index contributed by atoms with van der Waals surface area (Å²) < 4.78 is 1.69. The van der Waals surface area contributed by atoms with Crippen molar-refractivity contribution >= 4 is 23.2 Å². The number of aliphatic hydroxyl groups excluding tert-OH is 1. The van der Waals surface area contributed by atoms with E-state index in [-0.39, 0.29) is 6.61 Å². The first kappa shape index (κ1) is 17.5. The summed E-state index contributed by atoms with van der Waals surface area (Å²) in [5.74, 6) is 1.32. The molecule has 0 aliphatic heterocycles. The van der Waals surface area contributed by atoms with E-state index in [1.165, 1.54) is 6.33 Å². The fourth-order valence-electron chi connectivity index (χ4n) is 3.03. The van der Waals surface area contributed by atoms with Gasteiger partial charge in [0, 0.05) is 29.7 Å². The molecule has 27 heavy (non-hydrogen) atoms. The summed E-state index contributed by atoms with van der Waals surface area (Å²) in [6, 6.07) is 19.6. The van der Waals surface area contributed by atoms with E-state index in [1.54, 1.807) is 4.52 Å². The Labute approximate surface area is 161 Å². The molecule has 0 unspecified atom stereocenters. The van der Waals surface area contributed by atoms with E-state index in [2.05, 4.69) is 15.1 Å². The van der Waals surface area contributed by atoms with Crippen molar-refractivity contribution in [3.8, 4) is 11.3 Å². The lowest BCUT2D eigenvalue weighted by atomic mass is 10.1. The van der Waals surface area contributed by atoms with Gasteiger partial charge in [0.05, 0.1) is 12.3 Å². The summed E-state index contributed by atoms with van der Waals surface area (Å²) >= 11 is 6.13. The molecule has 2 aromatic heterocycles. The Bertz CT molecular complexity index is 1050. The van der Waals surface area contributed by atoms with Crippen LogP contribution in [0.2, 0.25) is 5.02 Å². The number of hydrogen-bond donors (Lipinski definition) is 1. The van der Waals surface area contributed by atoms with E-state index in [4.69, 9.17) is 11.6 Å². The van der Waals surface area contributed by atoms with Crippen LogP contribution in [-0.4, -0.2) is 37.8 Å². The molecule has 0 radical (unpaired) electrons. The molecule has 0 spiro atoms. The number of aromatic nitrogens is 4. The summed E-state index contributed by atoms with van der Waals surface area (Å²) in [5, 5.41) is 14.6. The molecule has 7 heteroatoms. The molecule has 2 aromatic carbocycles. The number of benzene rings is 2. The first-order valence-corrected chi connectivity index (χ1v) is 8.99. The minimum Gasteiger partial charge on any atom is -0.395 e. The molecule has 1 N–H and O–H groups in total. The molecule has 0 amide bonds. The SMILES string of the molecule is OCCN(Cc1cccc(Cl)c1)c1cc(-c2ccccc2)nc2ncnn12. The average molecular weight is 380 g/mol. The van der Waals surface area contributed by atoms with Crippen LogP contribution < -0.4 is 4.90 Å². The Morgan fingerprint density at radius 2 is 1.89 bits per heavy atom. The van der Waals surface area contributed by atoms with Gasteiger partial charge in [0.25, 0.3) is 5.78 Å². The third kappa shape index (κ3) is 3.77. The number of nitrogens with zero attached hydrogens (tertiary/aromatic N) is 5. The van der Waals surface area contributed by atoms with Gasteiger partial charge in [0.1, 0.15) is 12.1 Å². The predicted octanol–water partition coefficient (Wildman–Crippen LogP) is 3.44. The number of fused-ring (bicyclic) bond motifs is 1. The minimum atomic E-state index is 0.0136. The van der Waals surface area contributed by atoms with Crippen LogP contribution in [-0.2, 0) is 6.54 Å². The fraction of sp³-hybridized carbons (Fsp3) is 0.150. The molecule has 2 heterocycles. The van der Waals surface area contributed by atoms with E-state index >= 15 is 0 Å². The third-order valence-corrected chi connectivity index (χ3v) is 4.49. The second-order valence-corrected chi connectivity index (χ2v) is 6.55. The summed E-state index contributed by atoms with van der Waals surface area (Å²) in [4.78, 5) is 10.9. The zero-order valence-electron chi connectivity index (χ0n) is 14.5.